The van der Waals surface area contributed by atoms with Crippen molar-refractivity contribution in [1.82, 2.24) is 39.0 Å². The maximum absolute atomic E-state index is 13.6. The molecule has 2 aliphatic heterocycles. The van der Waals surface area contributed by atoms with Crippen LogP contribution in [-0.2, 0) is 27.2 Å². The molecule has 46 heavy (non-hydrogen) atoms. The van der Waals surface area contributed by atoms with Crippen molar-refractivity contribution in [3.05, 3.63) is 29.3 Å². The molecule has 0 aromatic carbocycles. The van der Waals surface area contributed by atoms with E-state index in [1.807, 2.05) is 0 Å². The standard InChI is InChI=1S/C22H26N10O10P2S2/c23-16-9-17(26-4-25-16)31(5-27-9)11-7-1-22(7)3-40-43(36,37)41-14-12(33)8(2-39-44(38,45)42-15(22)13(11)34)46-20(14)32-6-28-10-18(32)29-21(24)30-19(10)35/h4-8,11-15,20,33-34H,1-3H2,(H,36,37)(H,38,45)(H2,23,25,26)(H3,24,29,30,35)/t7-,8-,11-,12-,13+,14-,15+,20-,22-,44-/m1/s1. The van der Waals surface area contributed by atoms with Crippen molar-refractivity contribution in [3.8, 4) is 0 Å². The first-order chi connectivity index (χ1) is 21.8. The molecule has 246 valence electrons. The van der Waals surface area contributed by atoms with Gasteiger partial charge in [0.15, 0.2) is 22.6 Å². The first kappa shape index (κ1) is 30.7. The number of nitrogens with one attached hydrogen (secondary N) is 1. The minimum absolute atomic E-state index is 0.0340. The molecule has 1 spiro atoms. The molecule has 2 saturated heterocycles. The van der Waals surface area contributed by atoms with Gasteiger partial charge in [-0.2, -0.15) is 4.98 Å². The van der Waals surface area contributed by atoms with E-state index in [-0.39, 0.29) is 22.9 Å². The molecule has 24 heteroatoms. The molecule has 20 nitrogen and oxygen atoms in total. The van der Waals surface area contributed by atoms with Gasteiger partial charge in [-0.05, 0) is 12.3 Å². The average Bonchev–Trinajstić information content (AvgIpc) is 3.26. The highest BCUT2D eigenvalue weighted by molar-refractivity contribution is 8.44. The van der Waals surface area contributed by atoms with Gasteiger partial charge in [-0.25, -0.2) is 29.1 Å². The van der Waals surface area contributed by atoms with Gasteiger partial charge < -0.3 is 31.1 Å². The highest BCUT2D eigenvalue weighted by atomic mass is 32.7. The molecule has 1 unspecified atom stereocenters. The number of aliphatic hydroxyl groups excluding tert-OH is 2. The second kappa shape index (κ2) is 10.4. The molecular formula is C22H26N10O10P2S2. The summed E-state index contributed by atoms with van der Waals surface area (Å²) in [6.07, 6.45) is -1.18. The molecule has 6 heterocycles. The number of hydrogen-bond acceptors (Lipinski definition) is 17. The van der Waals surface area contributed by atoms with Crippen molar-refractivity contribution in [1.29, 1.82) is 0 Å². The van der Waals surface area contributed by atoms with Crippen molar-refractivity contribution in [2.45, 2.75) is 47.5 Å². The normalized spacial score (nSPS) is 41.0. The fourth-order valence-corrected chi connectivity index (χ4v) is 11.0. The number of nitrogens with zero attached hydrogens (tertiary/aromatic N) is 7. The van der Waals surface area contributed by atoms with Crippen LogP contribution in [0.4, 0.5) is 11.8 Å². The summed E-state index contributed by atoms with van der Waals surface area (Å²) >= 11 is 5.19. The van der Waals surface area contributed by atoms with Crippen LogP contribution >= 0.6 is 38.6 Å². The Morgan fingerprint density at radius 1 is 1.04 bits per heavy atom. The molecule has 11 atom stereocenters. The van der Waals surface area contributed by atoms with Crippen LogP contribution in [-0.4, -0.2) is 97.0 Å². The summed E-state index contributed by atoms with van der Waals surface area (Å²) in [4.78, 5) is 46.3. The van der Waals surface area contributed by atoms with Crippen molar-refractivity contribution in [3.63, 3.8) is 0 Å². The summed E-state index contributed by atoms with van der Waals surface area (Å²) in [6.45, 7) is -5.11. The lowest BCUT2D eigenvalue weighted by Crippen LogP contribution is -2.37. The Labute approximate surface area is 266 Å². The predicted molar refractivity (Wildman–Crippen MR) is 162 cm³/mol. The summed E-state index contributed by atoms with van der Waals surface area (Å²) in [5.74, 6) is -0.480. The largest absolute Gasteiger partial charge is 0.472 e. The number of thiol groups is 1. The molecule has 4 aliphatic rings. The molecule has 0 radical (unpaired) electrons. The predicted octanol–water partition coefficient (Wildman–Crippen LogP) is -0.0238. The third-order valence-corrected chi connectivity index (χ3v) is 13.1. The van der Waals surface area contributed by atoms with Gasteiger partial charge in [0.2, 0.25) is 5.95 Å². The van der Waals surface area contributed by atoms with Crippen LogP contribution in [0.2, 0.25) is 0 Å². The Balaban J connectivity index is 1.14. The van der Waals surface area contributed by atoms with Gasteiger partial charge in [-0.3, -0.25) is 32.4 Å². The van der Waals surface area contributed by atoms with E-state index in [9.17, 15) is 29.0 Å². The van der Waals surface area contributed by atoms with Crippen LogP contribution in [0.1, 0.15) is 17.8 Å². The van der Waals surface area contributed by atoms with E-state index in [0.717, 1.165) is 11.8 Å². The topological polar surface area (TPSA) is 291 Å². The number of phosphoric acid groups is 1. The van der Waals surface area contributed by atoms with Crippen LogP contribution < -0.4 is 17.0 Å². The van der Waals surface area contributed by atoms with E-state index in [0.29, 0.717) is 17.6 Å². The number of aliphatic hydroxyl groups is 2. The first-order valence-electron chi connectivity index (χ1n) is 13.8. The lowest BCUT2D eigenvalue weighted by molar-refractivity contribution is -0.0224. The average molecular weight is 717 g/mol. The summed E-state index contributed by atoms with van der Waals surface area (Å²) in [5, 5.41) is 20.9. The first-order valence-corrected chi connectivity index (χ1v) is 18.9. The van der Waals surface area contributed by atoms with Gasteiger partial charge in [0, 0.05) is 5.41 Å². The molecule has 2 saturated carbocycles. The van der Waals surface area contributed by atoms with E-state index in [1.165, 1.54) is 23.5 Å². The number of aromatic nitrogens is 8. The minimum atomic E-state index is -4.94. The number of fused-ring (bicyclic) bond motifs is 4. The Morgan fingerprint density at radius 2 is 1.80 bits per heavy atom. The maximum atomic E-state index is 13.6. The number of anilines is 2. The van der Waals surface area contributed by atoms with Crippen molar-refractivity contribution >= 4 is 72.7 Å². The molecule has 4 aromatic heterocycles. The summed E-state index contributed by atoms with van der Waals surface area (Å²) in [5.41, 5.74) is 10.6. The number of aromatic amines is 1. The number of imidazole rings is 2. The van der Waals surface area contributed by atoms with Crippen LogP contribution in [0.15, 0.2) is 23.8 Å². The van der Waals surface area contributed by atoms with Gasteiger partial charge in [-0.15, -0.1) is 11.8 Å². The van der Waals surface area contributed by atoms with Gasteiger partial charge in [0.1, 0.15) is 35.5 Å². The highest BCUT2D eigenvalue weighted by Gasteiger charge is 2.74. The van der Waals surface area contributed by atoms with E-state index in [4.69, 9.17) is 29.6 Å². The van der Waals surface area contributed by atoms with Gasteiger partial charge >= 0.3 is 14.6 Å². The van der Waals surface area contributed by atoms with E-state index in [2.05, 4.69) is 42.2 Å². The fraction of sp³-hybridized carbons (Fsp3) is 0.545. The van der Waals surface area contributed by atoms with Crippen LogP contribution in [0.5, 0.6) is 0 Å². The molecule has 0 amide bonds. The van der Waals surface area contributed by atoms with Gasteiger partial charge in [0.05, 0.1) is 43.3 Å². The molecule has 4 aromatic rings. The van der Waals surface area contributed by atoms with Crippen LogP contribution in [0.25, 0.3) is 22.3 Å². The Morgan fingerprint density at radius 3 is 2.61 bits per heavy atom. The maximum Gasteiger partial charge on any atom is 0.472 e. The lowest BCUT2D eigenvalue weighted by Gasteiger charge is -2.30. The van der Waals surface area contributed by atoms with Crippen molar-refractivity contribution in [2.24, 2.45) is 11.3 Å². The monoisotopic (exact) mass is 716 g/mol. The second-order valence-electron chi connectivity index (χ2n) is 11.5. The molecule has 8 N–H and O–H groups in total. The van der Waals surface area contributed by atoms with E-state index in [1.54, 1.807) is 4.57 Å². The van der Waals surface area contributed by atoms with Gasteiger partial charge in [0.25, 0.3) is 5.56 Å². The zero-order valence-corrected chi connectivity index (χ0v) is 26.7. The zero-order chi connectivity index (χ0) is 32.3. The van der Waals surface area contributed by atoms with Gasteiger partial charge in [-0.1, -0.05) is 12.2 Å². The fourth-order valence-electron chi connectivity index (χ4n) is 6.81. The summed E-state index contributed by atoms with van der Waals surface area (Å²) in [7, 11) is -4.94. The van der Waals surface area contributed by atoms with E-state index >= 15 is 0 Å². The molecule has 8 rings (SSSR count). The SMILES string of the molecule is Nc1nc2c(ncn2[C@@H]2S[C@@H]3CO[P@@](=O)(S)O[C@H]4[C@@H](O)[C@H](n5cnc6c(N)ncnc65)[C@H]5C[C@@]54COP(=O)(O)O[C@@H]2[C@@H]3O)c(=O)[nH]1. The number of H-pyrrole nitrogens is 1. The van der Waals surface area contributed by atoms with E-state index < -0.39 is 85.8 Å². The number of rotatable bonds is 2. The highest BCUT2D eigenvalue weighted by Crippen LogP contribution is 2.73. The zero-order valence-electron chi connectivity index (χ0n) is 23.2. The number of nitrogen functional groups attached to an aromatic ring is 2. The van der Waals surface area contributed by atoms with Crippen molar-refractivity contribution < 1.29 is 42.3 Å². The summed E-state index contributed by atoms with van der Waals surface area (Å²) in [6, 6.07) is -0.733. The van der Waals surface area contributed by atoms with Crippen LogP contribution in [0.3, 0.4) is 0 Å². The second-order valence-corrected chi connectivity index (χ2v) is 17.2. The Hall–Kier alpha value is -2.62. The molecular weight excluding hydrogens is 690 g/mol. The minimum Gasteiger partial charge on any atom is -0.389 e. The number of thioether (sulfide) groups is 1. The number of hydrogen-bond donors (Lipinski definition) is 7. The third-order valence-electron chi connectivity index (χ3n) is 8.96. The summed E-state index contributed by atoms with van der Waals surface area (Å²) < 4.78 is 52.7. The Kier molecular flexibility index (Phi) is 6.97. The smallest absolute Gasteiger partial charge is 0.389 e. The Bertz CT molecular complexity index is 2050. The molecule has 4 fully saturated rings. The number of nitrogens with two attached hydrogens (primary N) is 2. The lowest BCUT2D eigenvalue weighted by atomic mass is 10.0. The number of phosphoric ester groups is 1. The molecule has 2 aliphatic carbocycles. The van der Waals surface area contributed by atoms with Crippen LogP contribution in [0, 0.1) is 11.3 Å². The third kappa shape index (κ3) is 4.73. The van der Waals surface area contributed by atoms with Crippen molar-refractivity contribution in [2.75, 3.05) is 24.7 Å². The quantitative estimate of drug-likeness (QED) is 0.106. The molecule has 2 bridgehead atoms.